The average Bonchev–Trinajstić information content (AvgIpc) is 2.80. The Balaban J connectivity index is 1.79. The predicted octanol–water partition coefficient (Wildman–Crippen LogP) is 0.259. The molecule has 1 atom stereocenters. The third-order valence-electron chi connectivity index (χ3n) is 4.15. The highest BCUT2D eigenvalue weighted by molar-refractivity contribution is 7.91. The van der Waals surface area contributed by atoms with Gasteiger partial charge in [-0.2, -0.15) is 0 Å². The predicted molar refractivity (Wildman–Crippen MR) is 98.9 cm³/mol. The molecule has 0 saturated carbocycles. The van der Waals surface area contributed by atoms with E-state index in [0.29, 0.717) is 17.9 Å². The lowest BCUT2D eigenvalue weighted by Crippen LogP contribution is -2.50. The van der Waals surface area contributed by atoms with E-state index in [-0.39, 0.29) is 36.4 Å². The summed E-state index contributed by atoms with van der Waals surface area (Å²) in [5.74, 6) is 0.181. The van der Waals surface area contributed by atoms with Crippen molar-refractivity contribution in [2.45, 2.75) is 18.9 Å². The maximum atomic E-state index is 12.1. The van der Waals surface area contributed by atoms with E-state index in [2.05, 4.69) is 10.6 Å². The first-order valence-corrected chi connectivity index (χ1v) is 10.1. The molecule has 1 saturated heterocycles. The van der Waals surface area contributed by atoms with Crippen molar-refractivity contribution in [2.24, 2.45) is 0 Å². The zero-order valence-corrected chi connectivity index (χ0v) is 16.1. The minimum Gasteiger partial charge on any atom is -0.497 e. The highest BCUT2D eigenvalue weighted by Crippen LogP contribution is 2.22. The van der Waals surface area contributed by atoms with Crippen molar-refractivity contribution in [2.75, 3.05) is 44.1 Å². The van der Waals surface area contributed by atoms with Crippen molar-refractivity contribution in [3.63, 3.8) is 0 Å². The third kappa shape index (κ3) is 5.99. The number of likely N-dealkylation sites (N-methyl/N-ethyl adjacent to an activating group) is 1. The second-order valence-electron chi connectivity index (χ2n) is 6.90. The van der Waals surface area contributed by atoms with Crippen LogP contribution in [0.3, 0.4) is 0 Å². The van der Waals surface area contributed by atoms with Crippen molar-refractivity contribution in [3.05, 3.63) is 24.3 Å². The topological polar surface area (TPSA) is 105 Å². The fourth-order valence-corrected chi connectivity index (χ4v) is 5.00. The van der Waals surface area contributed by atoms with E-state index < -0.39 is 15.4 Å². The molecule has 144 valence electrons. The van der Waals surface area contributed by atoms with Crippen molar-refractivity contribution in [1.82, 2.24) is 10.2 Å². The summed E-state index contributed by atoms with van der Waals surface area (Å²) < 4.78 is 28.2. The molecule has 1 fully saturated rings. The van der Waals surface area contributed by atoms with Gasteiger partial charge in [0.25, 0.3) is 0 Å². The van der Waals surface area contributed by atoms with Gasteiger partial charge in [0.05, 0.1) is 37.2 Å². The molecular weight excluding hydrogens is 358 g/mol. The first kappa shape index (κ1) is 20.2. The number of amides is 2. The fraction of sp³-hybridized carbons (Fsp3) is 0.529. The Labute approximate surface area is 153 Å². The summed E-state index contributed by atoms with van der Waals surface area (Å²) in [7, 11) is 0.130. The number of anilines is 1. The summed E-state index contributed by atoms with van der Waals surface area (Å²) >= 11 is 0. The number of carbonyl (C=O) groups excluding carboxylic acids is 2. The average molecular weight is 383 g/mol. The molecular formula is C17H25N3O5S. The van der Waals surface area contributed by atoms with Crippen LogP contribution >= 0.6 is 0 Å². The number of nitrogens with zero attached hydrogens (tertiary/aromatic N) is 1. The van der Waals surface area contributed by atoms with Gasteiger partial charge in [0, 0.05) is 5.69 Å². The second kappa shape index (κ2) is 8.05. The van der Waals surface area contributed by atoms with Crippen LogP contribution in [0.2, 0.25) is 0 Å². The minimum atomic E-state index is -3.09. The Hall–Kier alpha value is -2.13. The van der Waals surface area contributed by atoms with Crippen molar-refractivity contribution >= 4 is 27.3 Å². The summed E-state index contributed by atoms with van der Waals surface area (Å²) in [4.78, 5) is 25.8. The van der Waals surface area contributed by atoms with Crippen LogP contribution in [0.5, 0.6) is 5.75 Å². The normalized spacial score (nSPS) is 21.4. The largest absolute Gasteiger partial charge is 0.497 e. The van der Waals surface area contributed by atoms with Crippen LogP contribution in [0.4, 0.5) is 5.69 Å². The molecule has 0 aliphatic carbocycles. The first-order valence-electron chi connectivity index (χ1n) is 8.25. The van der Waals surface area contributed by atoms with Gasteiger partial charge in [-0.1, -0.05) is 0 Å². The summed E-state index contributed by atoms with van der Waals surface area (Å²) in [6.45, 7) is 1.77. The Morgan fingerprint density at radius 1 is 1.19 bits per heavy atom. The van der Waals surface area contributed by atoms with Gasteiger partial charge in [-0.15, -0.1) is 0 Å². The number of sulfone groups is 1. The molecule has 1 aliphatic heterocycles. The van der Waals surface area contributed by atoms with Gasteiger partial charge in [0.2, 0.25) is 11.8 Å². The molecule has 2 rings (SSSR count). The molecule has 9 heteroatoms. The number of nitrogens with one attached hydrogen (secondary N) is 2. The molecule has 0 unspecified atom stereocenters. The molecule has 1 heterocycles. The number of ether oxygens (including phenoxy) is 1. The number of hydrogen-bond donors (Lipinski definition) is 2. The maximum Gasteiger partial charge on any atom is 0.238 e. The van der Waals surface area contributed by atoms with E-state index >= 15 is 0 Å². The lowest BCUT2D eigenvalue weighted by Gasteiger charge is -2.25. The van der Waals surface area contributed by atoms with Crippen LogP contribution in [0.25, 0.3) is 0 Å². The second-order valence-corrected chi connectivity index (χ2v) is 9.08. The number of benzene rings is 1. The van der Waals surface area contributed by atoms with E-state index in [0.717, 1.165) is 0 Å². The lowest BCUT2D eigenvalue weighted by atomic mass is 10.0. The summed E-state index contributed by atoms with van der Waals surface area (Å²) in [5.41, 5.74) is -0.0976. The monoisotopic (exact) mass is 383 g/mol. The molecule has 1 aromatic rings. The van der Waals surface area contributed by atoms with Crippen molar-refractivity contribution < 1.29 is 22.7 Å². The Morgan fingerprint density at radius 2 is 1.81 bits per heavy atom. The van der Waals surface area contributed by atoms with Gasteiger partial charge in [0.15, 0.2) is 9.84 Å². The zero-order chi connectivity index (χ0) is 19.4. The molecule has 2 amide bonds. The number of hydrogen-bond acceptors (Lipinski definition) is 6. The Bertz CT molecular complexity index is 763. The molecule has 0 radical (unpaired) electrons. The van der Waals surface area contributed by atoms with Crippen LogP contribution in [0.15, 0.2) is 24.3 Å². The van der Waals surface area contributed by atoms with Gasteiger partial charge < -0.3 is 15.4 Å². The van der Waals surface area contributed by atoms with E-state index in [9.17, 15) is 18.0 Å². The molecule has 0 bridgehead atoms. The summed E-state index contributed by atoms with van der Waals surface area (Å²) in [6, 6.07) is 6.93. The van der Waals surface area contributed by atoms with Crippen molar-refractivity contribution in [3.8, 4) is 5.75 Å². The highest BCUT2D eigenvalue weighted by Gasteiger charge is 2.39. The molecule has 1 aromatic carbocycles. The molecule has 0 aromatic heterocycles. The SMILES string of the molecule is COc1ccc(NC(=O)CN(C)CC(=O)N[C@@]2(C)CCS(=O)(=O)C2)cc1. The van der Waals surface area contributed by atoms with Crippen LogP contribution in [-0.4, -0.2) is 69.4 Å². The summed E-state index contributed by atoms with van der Waals surface area (Å²) in [6.07, 6.45) is 0.405. The lowest BCUT2D eigenvalue weighted by molar-refractivity contribution is -0.124. The van der Waals surface area contributed by atoms with Crippen LogP contribution in [-0.2, 0) is 19.4 Å². The maximum absolute atomic E-state index is 12.1. The van der Waals surface area contributed by atoms with Gasteiger partial charge in [0.1, 0.15) is 5.75 Å². The third-order valence-corrected chi connectivity index (χ3v) is 6.05. The minimum absolute atomic E-state index is 0.00563. The van der Waals surface area contributed by atoms with E-state index in [1.165, 1.54) is 0 Å². The van der Waals surface area contributed by atoms with E-state index in [1.807, 2.05) is 0 Å². The zero-order valence-electron chi connectivity index (χ0n) is 15.2. The van der Waals surface area contributed by atoms with Gasteiger partial charge >= 0.3 is 0 Å². The van der Waals surface area contributed by atoms with Gasteiger partial charge in [-0.3, -0.25) is 14.5 Å². The Kier molecular flexibility index (Phi) is 6.25. The molecule has 2 N–H and O–H groups in total. The van der Waals surface area contributed by atoms with Crippen LogP contribution in [0, 0.1) is 0 Å². The number of carbonyl (C=O) groups is 2. The Morgan fingerprint density at radius 3 is 2.35 bits per heavy atom. The fourth-order valence-electron chi connectivity index (χ4n) is 2.91. The van der Waals surface area contributed by atoms with Crippen LogP contribution < -0.4 is 15.4 Å². The molecule has 8 nitrogen and oxygen atoms in total. The number of methoxy groups -OCH3 is 1. The van der Waals surface area contributed by atoms with E-state index in [1.54, 1.807) is 50.2 Å². The van der Waals surface area contributed by atoms with Gasteiger partial charge in [-0.25, -0.2) is 8.42 Å². The van der Waals surface area contributed by atoms with Crippen molar-refractivity contribution in [1.29, 1.82) is 0 Å². The quantitative estimate of drug-likeness (QED) is 0.700. The molecule has 26 heavy (non-hydrogen) atoms. The first-order chi connectivity index (χ1) is 12.1. The summed E-state index contributed by atoms with van der Waals surface area (Å²) in [5, 5.41) is 5.51. The molecule has 1 aliphatic rings. The van der Waals surface area contributed by atoms with Crippen LogP contribution in [0.1, 0.15) is 13.3 Å². The standard InChI is InChI=1S/C17H25N3O5S/c1-17(8-9-26(23,24)12-17)19-16(22)11-20(2)10-15(21)18-13-4-6-14(25-3)7-5-13/h4-7H,8-12H2,1-3H3,(H,18,21)(H,19,22)/t17-/m0/s1. The van der Waals surface area contributed by atoms with Gasteiger partial charge in [-0.05, 0) is 44.7 Å². The molecule has 0 spiro atoms. The number of rotatable bonds is 7. The van der Waals surface area contributed by atoms with E-state index in [4.69, 9.17) is 4.74 Å². The highest BCUT2D eigenvalue weighted by atomic mass is 32.2. The smallest absolute Gasteiger partial charge is 0.238 e.